The second-order valence-electron chi connectivity index (χ2n) is 7.93. The molecule has 1 aliphatic rings. The first-order valence-electron chi connectivity index (χ1n) is 10.9. The minimum atomic E-state index is -3.82. The number of ether oxygens (including phenoxy) is 1. The van der Waals surface area contributed by atoms with E-state index >= 15 is 0 Å². The molecule has 0 spiro atoms. The van der Waals surface area contributed by atoms with E-state index in [1.165, 1.54) is 0 Å². The molecule has 3 rings (SSSR count). The fraction of sp³-hybridized carbons (Fsp3) is 0.375. The molecule has 1 fully saturated rings. The third-order valence-corrected chi connectivity index (χ3v) is 7.16. The van der Waals surface area contributed by atoms with E-state index in [2.05, 4.69) is 10.8 Å². The number of carbonyl (C=O) groups is 2. The second-order valence-corrected chi connectivity index (χ2v) is 9.92. The fourth-order valence-corrected chi connectivity index (χ4v) is 5.42. The van der Waals surface area contributed by atoms with Crippen molar-refractivity contribution in [3.63, 3.8) is 0 Å². The lowest BCUT2D eigenvalue weighted by molar-refractivity contribution is -0.123. The first-order valence-corrected chi connectivity index (χ1v) is 13.1. The van der Waals surface area contributed by atoms with Crippen molar-refractivity contribution in [3.05, 3.63) is 64.7 Å². The molecular weight excluding hydrogens is 478 g/mol. The van der Waals surface area contributed by atoms with E-state index in [1.807, 2.05) is 4.90 Å². The lowest BCUT2D eigenvalue weighted by Gasteiger charge is -2.34. The number of hydrogen-bond acceptors (Lipinski definition) is 7. The molecule has 1 aliphatic heterocycles. The Morgan fingerprint density at radius 3 is 2.44 bits per heavy atom. The van der Waals surface area contributed by atoms with Crippen LogP contribution in [-0.2, 0) is 31.2 Å². The van der Waals surface area contributed by atoms with Crippen LogP contribution in [-0.4, -0.2) is 40.0 Å². The molecule has 10 heteroatoms. The summed E-state index contributed by atoms with van der Waals surface area (Å²) in [4.78, 5) is 27.2. The Labute approximate surface area is 204 Å². The maximum atomic E-state index is 12.7. The fourth-order valence-electron chi connectivity index (χ4n) is 4.03. The highest BCUT2D eigenvalue weighted by Crippen LogP contribution is 2.33. The number of amides is 1. The Hall–Kier alpha value is -3.09. The Kier molecular flexibility index (Phi) is 8.53. The Bertz CT molecular complexity index is 1190. The molecule has 1 heterocycles. The average molecular weight is 504 g/mol. The zero-order valence-corrected chi connectivity index (χ0v) is 20.4. The summed E-state index contributed by atoms with van der Waals surface area (Å²) in [6.45, 7) is 2.60. The van der Waals surface area contributed by atoms with Crippen LogP contribution in [0.5, 0.6) is 0 Å². The number of hydrogen-bond donors (Lipinski definition) is 1. The van der Waals surface area contributed by atoms with Crippen LogP contribution < -0.4 is 9.62 Å². The largest absolute Gasteiger partial charge is 0.462 e. The zero-order chi connectivity index (χ0) is 24.7. The van der Waals surface area contributed by atoms with Crippen molar-refractivity contribution in [2.24, 2.45) is 5.92 Å². The van der Waals surface area contributed by atoms with Gasteiger partial charge in [0.2, 0.25) is 15.9 Å². The number of benzene rings is 2. The van der Waals surface area contributed by atoms with E-state index < -0.39 is 27.8 Å². The summed E-state index contributed by atoms with van der Waals surface area (Å²) in [5.41, 5.74) is 2.15. The minimum Gasteiger partial charge on any atom is -0.462 e. The smallest absolute Gasteiger partial charge is 0.340 e. The first-order chi connectivity index (χ1) is 16.3. The van der Waals surface area contributed by atoms with Gasteiger partial charge in [0.05, 0.1) is 29.2 Å². The van der Waals surface area contributed by atoms with Crippen molar-refractivity contribution >= 4 is 39.2 Å². The highest BCUT2D eigenvalue weighted by Gasteiger charge is 2.31. The number of piperidine rings is 1. The maximum absolute atomic E-state index is 12.7. The molecule has 180 valence electrons. The molecule has 34 heavy (non-hydrogen) atoms. The van der Waals surface area contributed by atoms with Gasteiger partial charge in [0.15, 0.2) is 0 Å². The number of carbonyl (C=O) groups excluding carboxylic acids is 2. The van der Waals surface area contributed by atoms with Gasteiger partial charge in [-0.15, -0.1) is 11.6 Å². The van der Waals surface area contributed by atoms with Gasteiger partial charge in [-0.2, -0.15) is 5.26 Å². The molecule has 0 aliphatic carbocycles. The van der Waals surface area contributed by atoms with Crippen LogP contribution in [0.15, 0.2) is 42.5 Å². The van der Waals surface area contributed by atoms with Crippen molar-refractivity contribution in [1.82, 2.24) is 4.72 Å². The molecule has 2 aromatic rings. The van der Waals surface area contributed by atoms with Crippen LogP contribution in [0.1, 0.15) is 46.8 Å². The molecule has 1 amide bonds. The molecule has 0 unspecified atom stereocenters. The standard InChI is InChI=1S/C24H26ClN3O5S/c1-2-33-24(30)21-19(14-25)8-9-20(15-26)22(21)28-12-10-18(11-13-28)23(29)27-34(31,32)16-17-6-4-3-5-7-17/h3-9,18H,2,10-14,16H2,1H3,(H,27,29). The SMILES string of the molecule is CCOC(=O)c1c(CCl)ccc(C#N)c1N1CCC(C(=O)NS(=O)(=O)Cc2ccccc2)CC1. The predicted octanol–water partition coefficient (Wildman–Crippen LogP) is 3.34. The molecule has 0 aromatic heterocycles. The highest BCUT2D eigenvalue weighted by atomic mass is 35.5. The van der Waals surface area contributed by atoms with Crippen LogP contribution in [0.25, 0.3) is 0 Å². The van der Waals surface area contributed by atoms with Gasteiger partial charge in [0.1, 0.15) is 6.07 Å². The van der Waals surface area contributed by atoms with Crippen LogP contribution in [0.2, 0.25) is 0 Å². The van der Waals surface area contributed by atoms with E-state index in [1.54, 1.807) is 49.4 Å². The summed E-state index contributed by atoms with van der Waals surface area (Å²) in [5.74, 6) is -1.81. The summed E-state index contributed by atoms with van der Waals surface area (Å²) in [5, 5.41) is 9.65. The predicted molar refractivity (Wildman–Crippen MR) is 129 cm³/mol. The normalized spacial score (nSPS) is 14.3. The summed E-state index contributed by atoms with van der Waals surface area (Å²) >= 11 is 6.05. The van der Waals surface area contributed by atoms with Crippen molar-refractivity contribution in [2.45, 2.75) is 31.4 Å². The lowest BCUT2D eigenvalue weighted by atomic mass is 9.93. The van der Waals surface area contributed by atoms with Crippen molar-refractivity contribution in [3.8, 4) is 6.07 Å². The van der Waals surface area contributed by atoms with Crippen molar-refractivity contribution < 1.29 is 22.7 Å². The number of sulfonamides is 1. The average Bonchev–Trinajstić information content (AvgIpc) is 2.83. The number of nitrogens with zero attached hydrogens (tertiary/aromatic N) is 2. The number of esters is 1. The summed E-state index contributed by atoms with van der Waals surface area (Å²) in [6.07, 6.45) is 0.732. The summed E-state index contributed by atoms with van der Waals surface area (Å²) in [7, 11) is -3.82. The quantitative estimate of drug-likeness (QED) is 0.433. The number of anilines is 1. The monoisotopic (exact) mass is 503 g/mol. The van der Waals surface area contributed by atoms with E-state index in [4.69, 9.17) is 16.3 Å². The first kappa shape index (κ1) is 25.5. The Morgan fingerprint density at radius 2 is 1.85 bits per heavy atom. The van der Waals surface area contributed by atoms with Gasteiger partial charge in [-0.25, -0.2) is 13.2 Å². The number of nitrogens with one attached hydrogen (secondary N) is 1. The molecule has 0 radical (unpaired) electrons. The van der Waals surface area contributed by atoms with Crippen molar-refractivity contribution in [1.29, 1.82) is 5.26 Å². The second kappa shape index (κ2) is 11.4. The van der Waals surface area contributed by atoms with Gasteiger partial charge >= 0.3 is 5.97 Å². The molecule has 0 atom stereocenters. The number of alkyl halides is 1. The number of halogens is 1. The van der Waals surface area contributed by atoms with Gasteiger partial charge < -0.3 is 9.64 Å². The van der Waals surface area contributed by atoms with Crippen LogP contribution >= 0.6 is 11.6 Å². The lowest BCUT2D eigenvalue weighted by Crippen LogP contribution is -2.43. The molecule has 8 nitrogen and oxygen atoms in total. The van der Waals surface area contributed by atoms with E-state index in [-0.39, 0.29) is 23.8 Å². The minimum absolute atomic E-state index is 0.0744. The van der Waals surface area contributed by atoms with E-state index in [0.29, 0.717) is 48.3 Å². The van der Waals surface area contributed by atoms with E-state index in [9.17, 15) is 23.3 Å². The summed E-state index contributed by atoms with van der Waals surface area (Å²) < 4.78 is 32.3. The Balaban J connectivity index is 1.74. The van der Waals surface area contributed by atoms with Gasteiger partial charge in [0.25, 0.3) is 0 Å². The molecule has 1 N–H and O–H groups in total. The van der Waals surface area contributed by atoms with Crippen molar-refractivity contribution in [2.75, 3.05) is 24.6 Å². The van der Waals surface area contributed by atoms with Gasteiger partial charge in [-0.1, -0.05) is 36.4 Å². The third kappa shape index (κ3) is 6.07. The third-order valence-electron chi connectivity index (χ3n) is 5.65. The molecule has 2 aromatic carbocycles. The number of nitriles is 1. The van der Waals surface area contributed by atoms with Crippen LogP contribution in [0.4, 0.5) is 5.69 Å². The molecule has 0 saturated carbocycles. The maximum Gasteiger partial charge on any atom is 0.340 e. The zero-order valence-electron chi connectivity index (χ0n) is 18.8. The van der Waals surface area contributed by atoms with E-state index in [0.717, 1.165) is 0 Å². The number of rotatable bonds is 8. The van der Waals surface area contributed by atoms with Crippen LogP contribution in [0, 0.1) is 17.2 Å². The highest BCUT2D eigenvalue weighted by molar-refractivity contribution is 7.89. The Morgan fingerprint density at radius 1 is 1.18 bits per heavy atom. The molecule has 0 bridgehead atoms. The van der Waals surface area contributed by atoms with Gasteiger partial charge in [0, 0.05) is 24.9 Å². The van der Waals surface area contributed by atoms with Gasteiger partial charge in [-0.3, -0.25) is 9.52 Å². The summed E-state index contributed by atoms with van der Waals surface area (Å²) in [6, 6.07) is 14.0. The van der Waals surface area contributed by atoms with Crippen LogP contribution in [0.3, 0.4) is 0 Å². The van der Waals surface area contributed by atoms with Gasteiger partial charge in [-0.05, 0) is 37.0 Å². The topological polar surface area (TPSA) is 117 Å². The molecular formula is C24H26ClN3O5S. The molecule has 1 saturated heterocycles.